The molecule has 6 heteroatoms. The third kappa shape index (κ3) is 3.97. The molecular formula is C19H17NO3S2. The lowest BCUT2D eigenvalue weighted by Crippen LogP contribution is -2.11. The van der Waals surface area contributed by atoms with Crippen molar-refractivity contribution in [3.8, 4) is 11.1 Å². The van der Waals surface area contributed by atoms with Gasteiger partial charge in [0, 0.05) is 17.5 Å². The number of thiophene rings is 1. The van der Waals surface area contributed by atoms with Crippen LogP contribution < -0.4 is 5.32 Å². The zero-order valence-corrected chi connectivity index (χ0v) is 15.4. The molecule has 0 fully saturated rings. The first-order valence-corrected chi connectivity index (χ1v) is 10.4. The van der Waals surface area contributed by atoms with E-state index in [4.69, 9.17) is 0 Å². The summed E-state index contributed by atoms with van der Waals surface area (Å²) in [6.45, 7) is 2.02. The highest BCUT2D eigenvalue weighted by Gasteiger charge is 2.15. The van der Waals surface area contributed by atoms with Gasteiger partial charge in [0.2, 0.25) is 0 Å². The molecule has 1 aromatic heterocycles. The van der Waals surface area contributed by atoms with Gasteiger partial charge < -0.3 is 5.32 Å². The summed E-state index contributed by atoms with van der Waals surface area (Å²) in [6.07, 6.45) is 1.15. The minimum absolute atomic E-state index is 0.210. The van der Waals surface area contributed by atoms with Crippen LogP contribution in [-0.2, 0) is 9.84 Å². The Hall–Kier alpha value is -2.44. The summed E-state index contributed by atoms with van der Waals surface area (Å²) in [5.41, 5.74) is 3.59. The van der Waals surface area contributed by atoms with E-state index in [1.807, 2.05) is 42.6 Å². The fourth-order valence-corrected chi connectivity index (χ4v) is 3.86. The molecule has 3 rings (SSSR count). The average molecular weight is 371 g/mol. The number of amides is 1. The van der Waals surface area contributed by atoms with Gasteiger partial charge in [0.25, 0.3) is 5.91 Å². The van der Waals surface area contributed by atoms with Gasteiger partial charge in [-0.1, -0.05) is 29.8 Å². The topological polar surface area (TPSA) is 63.2 Å². The molecular weight excluding hydrogens is 354 g/mol. The number of benzene rings is 2. The van der Waals surface area contributed by atoms with Crippen LogP contribution in [0.5, 0.6) is 0 Å². The molecule has 1 N–H and O–H groups in total. The van der Waals surface area contributed by atoms with Crippen LogP contribution in [0.1, 0.15) is 15.2 Å². The van der Waals surface area contributed by atoms with Crippen LogP contribution in [0.3, 0.4) is 0 Å². The first kappa shape index (κ1) is 17.4. The molecule has 0 bridgehead atoms. The summed E-state index contributed by atoms with van der Waals surface area (Å²) in [4.78, 5) is 13.4. The van der Waals surface area contributed by atoms with Crippen molar-refractivity contribution in [3.05, 3.63) is 70.4 Å². The Labute approximate surface area is 151 Å². The highest BCUT2D eigenvalue weighted by molar-refractivity contribution is 7.90. The Morgan fingerprint density at radius 1 is 0.960 bits per heavy atom. The highest BCUT2D eigenvalue weighted by atomic mass is 32.2. The number of sulfone groups is 1. The first-order valence-electron chi connectivity index (χ1n) is 7.60. The SMILES string of the molecule is Cc1ccc(-c2ccsc2C(=O)Nc2ccc(S(C)(=O)=O)cc2)cc1. The quantitative estimate of drug-likeness (QED) is 0.740. The number of hydrogen-bond acceptors (Lipinski definition) is 4. The number of carbonyl (C=O) groups is 1. The molecule has 0 unspecified atom stereocenters. The Kier molecular flexibility index (Phi) is 4.74. The Morgan fingerprint density at radius 2 is 1.60 bits per heavy atom. The van der Waals surface area contributed by atoms with Crippen LogP contribution in [0.15, 0.2) is 64.9 Å². The number of hydrogen-bond donors (Lipinski definition) is 1. The summed E-state index contributed by atoms with van der Waals surface area (Å²) in [5.74, 6) is -0.210. The standard InChI is InChI=1S/C19H17NO3S2/c1-13-3-5-14(6-4-13)17-11-12-24-18(17)19(21)20-15-7-9-16(10-8-15)25(2,22)23/h3-12H,1-2H3,(H,20,21). The zero-order valence-electron chi connectivity index (χ0n) is 13.8. The van der Waals surface area contributed by atoms with Gasteiger partial charge in [-0.25, -0.2) is 8.42 Å². The molecule has 0 spiro atoms. The second kappa shape index (κ2) is 6.82. The van der Waals surface area contributed by atoms with Crippen molar-refractivity contribution < 1.29 is 13.2 Å². The van der Waals surface area contributed by atoms with Crippen LogP contribution in [0, 0.1) is 6.92 Å². The summed E-state index contributed by atoms with van der Waals surface area (Å²) < 4.78 is 23.0. The fourth-order valence-electron chi connectivity index (χ4n) is 2.42. The molecule has 0 aliphatic carbocycles. The van der Waals surface area contributed by atoms with E-state index in [9.17, 15) is 13.2 Å². The average Bonchev–Trinajstić information content (AvgIpc) is 3.05. The van der Waals surface area contributed by atoms with Crippen molar-refractivity contribution in [3.63, 3.8) is 0 Å². The lowest BCUT2D eigenvalue weighted by molar-refractivity contribution is 0.103. The molecule has 0 atom stereocenters. The van der Waals surface area contributed by atoms with E-state index >= 15 is 0 Å². The monoisotopic (exact) mass is 371 g/mol. The van der Waals surface area contributed by atoms with E-state index in [1.54, 1.807) is 12.1 Å². The summed E-state index contributed by atoms with van der Waals surface area (Å²) in [5, 5.41) is 4.71. The van der Waals surface area contributed by atoms with Crippen LogP contribution >= 0.6 is 11.3 Å². The molecule has 0 saturated carbocycles. The molecule has 0 aliphatic heterocycles. The van der Waals surface area contributed by atoms with Crippen molar-refractivity contribution in [2.24, 2.45) is 0 Å². The van der Waals surface area contributed by atoms with Crippen molar-refractivity contribution in [1.82, 2.24) is 0 Å². The van der Waals surface area contributed by atoms with Gasteiger partial charge in [0.05, 0.1) is 9.77 Å². The van der Waals surface area contributed by atoms with Gasteiger partial charge in [-0.2, -0.15) is 0 Å². The molecule has 4 nitrogen and oxygen atoms in total. The summed E-state index contributed by atoms with van der Waals surface area (Å²) in [7, 11) is -3.25. The predicted molar refractivity (Wildman–Crippen MR) is 102 cm³/mol. The number of anilines is 1. The highest BCUT2D eigenvalue weighted by Crippen LogP contribution is 2.29. The largest absolute Gasteiger partial charge is 0.321 e. The summed E-state index contributed by atoms with van der Waals surface area (Å²) in [6, 6.07) is 16.1. The normalized spacial score (nSPS) is 11.3. The maximum absolute atomic E-state index is 12.6. The van der Waals surface area contributed by atoms with E-state index in [1.165, 1.54) is 23.5 Å². The van der Waals surface area contributed by atoms with Crippen molar-refractivity contribution in [2.75, 3.05) is 11.6 Å². The molecule has 2 aromatic carbocycles. The molecule has 0 saturated heterocycles. The summed E-state index contributed by atoms with van der Waals surface area (Å²) >= 11 is 1.38. The van der Waals surface area contributed by atoms with E-state index in [0.29, 0.717) is 10.6 Å². The molecule has 3 aromatic rings. The minimum Gasteiger partial charge on any atom is -0.321 e. The molecule has 1 heterocycles. The minimum atomic E-state index is -3.25. The van der Waals surface area contributed by atoms with Crippen molar-refractivity contribution in [2.45, 2.75) is 11.8 Å². The Bertz CT molecular complexity index is 1000. The second-order valence-electron chi connectivity index (χ2n) is 5.78. The first-order chi connectivity index (χ1) is 11.8. The number of rotatable bonds is 4. The smallest absolute Gasteiger partial charge is 0.266 e. The molecule has 0 aliphatic rings. The zero-order chi connectivity index (χ0) is 18.0. The third-order valence-corrected chi connectivity index (χ3v) is 5.82. The van der Waals surface area contributed by atoms with Gasteiger partial charge in [-0.15, -0.1) is 11.3 Å². The van der Waals surface area contributed by atoms with Gasteiger partial charge in [0.1, 0.15) is 0 Å². The van der Waals surface area contributed by atoms with E-state index < -0.39 is 9.84 Å². The number of nitrogens with one attached hydrogen (secondary N) is 1. The van der Waals surface area contributed by atoms with E-state index in [0.717, 1.165) is 22.9 Å². The van der Waals surface area contributed by atoms with Gasteiger partial charge >= 0.3 is 0 Å². The Balaban J connectivity index is 1.83. The lowest BCUT2D eigenvalue weighted by atomic mass is 10.0. The molecule has 128 valence electrons. The number of aryl methyl sites for hydroxylation is 1. The van der Waals surface area contributed by atoms with Gasteiger partial charge in [0.15, 0.2) is 9.84 Å². The van der Waals surface area contributed by atoms with E-state index in [2.05, 4.69) is 5.32 Å². The van der Waals surface area contributed by atoms with Crippen molar-refractivity contribution in [1.29, 1.82) is 0 Å². The van der Waals surface area contributed by atoms with Crippen LogP contribution in [0.2, 0.25) is 0 Å². The lowest BCUT2D eigenvalue weighted by Gasteiger charge is -2.07. The maximum atomic E-state index is 12.6. The fraction of sp³-hybridized carbons (Fsp3) is 0.105. The Morgan fingerprint density at radius 3 is 2.20 bits per heavy atom. The maximum Gasteiger partial charge on any atom is 0.266 e. The molecule has 1 amide bonds. The third-order valence-electron chi connectivity index (χ3n) is 3.77. The second-order valence-corrected chi connectivity index (χ2v) is 8.71. The number of carbonyl (C=O) groups excluding carboxylic acids is 1. The van der Waals surface area contributed by atoms with Crippen molar-refractivity contribution >= 4 is 32.8 Å². The van der Waals surface area contributed by atoms with Crippen LogP contribution in [0.25, 0.3) is 11.1 Å². The van der Waals surface area contributed by atoms with Gasteiger partial charge in [-0.05, 0) is 48.2 Å². The predicted octanol–water partition coefficient (Wildman–Crippen LogP) is 4.38. The van der Waals surface area contributed by atoms with Gasteiger partial charge in [-0.3, -0.25) is 4.79 Å². The van der Waals surface area contributed by atoms with Crippen LogP contribution in [-0.4, -0.2) is 20.6 Å². The van der Waals surface area contributed by atoms with E-state index in [-0.39, 0.29) is 10.8 Å². The molecule has 0 radical (unpaired) electrons. The van der Waals surface area contributed by atoms with Crippen LogP contribution in [0.4, 0.5) is 5.69 Å². The molecule has 25 heavy (non-hydrogen) atoms.